The van der Waals surface area contributed by atoms with Gasteiger partial charge in [0.25, 0.3) is 0 Å². The molecule has 0 bridgehead atoms. The number of aromatic nitrogens is 4. The third kappa shape index (κ3) is 4.79. The van der Waals surface area contributed by atoms with Crippen molar-refractivity contribution in [1.29, 1.82) is 0 Å². The number of hydrogen-bond acceptors (Lipinski definition) is 6. The highest BCUT2D eigenvalue weighted by molar-refractivity contribution is 5.96. The first-order chi connectivity index (χ1) is 17.1. The number of halogens is 4. The van der Waals surface area contributed by atoms with Crippen LogP contribution in [0.5, 0.6) is 0 Å². The van der Waals surface area contributed by atoms with Crippen molar-refractivity contribution in [2.24, 2.45) is 0 Å². The molecule has 1 atom stereocenters. The number of hydrogen-bond donors (Lipinski definition) is 2. The van der Waals surface area contributed by atoms with Gasteiger partial charge in [-0.15, -0.1) is 5.10 Å². The summed E-state index contributed by atoms with van der Waals surface area (Å²) in [5.41, 5.74) is 2.69. The number of benzene rings is 2. The van der Waals surface area contributed by atoms with E-state index in [9.17, 15) is 22.7 Å². The third-order valence-electron chi connectivity index (χ3n) is 5.85. The molecule has 188 valence electrons. The summed E-state index contributed by atoms with van der Waals surface area (Å²) in [7, 11) is 1.44. The molecule has 4 rings (SSSR count). The van der Waals surface area contributed by atoms with E-state index in [1.807, 2.05) is 6.07 Å². The SMILES string of the molecule is C=C(NOC)c1cc(-c2ccc(F)cc2)c2ccc(Cn3cc([C@@](O)(CC)C(F)(F)F)nn3)cc2n1. The quantitative estimate of drug-likeness (QED) is 0.262. The van der Waals surface area contributed by atoms with Crippen LogP contribution in [0.4, 0.5) is 17.6 Å². The predicted molar refractivity (Wildman–Crippen MR) is 126 cm³/mol. The lowest BCUT2D eigenvalue weighted by Crippen LogP contribution is -2.42. The third-order valence-corrected chi connectivity index (χ3v) is 5.85. The zero-order valence-corrected chi connectivity index (χ0v) is 19.5. The molecule has 0 aliphatic rings. The minimum Gasteiger partial charge on any atom is -0.375 e. The van der Waals surface area contributed by atoms with Gasteiger partial charge in [-0.3, -0.25) is 10.3 Å². The van der Waals surface area contributed by atoms with E-state index in [0.717, 1.165) is 22.7 Å². The Labute approximate surface area is 204 Å². The average Bonchev–Trinajstić information content (AvgIpc) is 3.31. The van der Waals surface area contributed by atoms with E-state index >= 15 is 0 Å². The first kappa shape index (κ1) is 25.3. The highest BCUT2D eigenvalue weighted by Crippen LogP contribution is 2.40. The van der Waals surface area contributed by atoms with Crippen molar-refractivity contribution in [1.82, 2.24) is 25.5 Å². The van der Waals surface area contributed by atoms with Crippen LogP contribution in [0.25, 0.3) is 27.7 Å². The lowest BCUT2D eigenvalue weighted by atomic mass is 9.96. The van der Waals surface area contributed by atoms with E-state index in [1.54, 1.807) is 30.3 Å². The summed E-state index contributed by atoms with van der Waals surface area (Å²) in [6.07, 6.45) is -4.40. The first-order valence-electron chi connectivity index (χ1n) is 10.9. The zero-order chi connectivity index (χ0) is 26.1. The topological polar surface area (TPSA) is 85.1 Å². The number of hydroxylamine groups is 1. The summed E-state index contributed by atoms with van der Waals surface area (Å²) in [5.74, 6) is -0.363. The highest BCUT2D eigenvalue weighted by Gasteiger charge is 2.55. The minimum atomic E-state index is -4.89. The zero-order valence-electron chi connectivity index (χ0n) is 19.5. The number of aliphatic hydroxyl groups is 1. The molecule has 4 aromatic rings. The van der Waals surface area contributed by atoms with Crippen molar-refractivity contribution < 1.29 is 27.5 Å². The summed E-state index contributed by atoms with van der Waals surface area (Å²) in [5, 5.41) is 18.2. The summed E-state index contributed by atoms with van der Waals surface area (Å²) in [6.45, 7) is 5.24. The fourth-order valence-corrected chi connectivity index (χ4v) is 3.85. The maximum atomic E-state index is 13.5. The standard InChI is InChI=1S/C25H23F4N5O2/c1-4-24(35,25(27,28)29)23-14-34(33-31-23)13-16-5-10-19-20(17-6-8-18(26)9-7-17)12-21(15(2)32-36-3)30-22(19)11-16/h5-12,14,32,35H,2,4,13H2,1,3H3/t24-/m0/s1. The van der Waals surface area contributed by atoms with Crippen LogP contribution in [0.15, 0.2) is 61.3 Å². The molecule has 0 fully saturated rings. The van der Waals surface area contributed by atoms with Crippen molar-refractivity contribution in [3.63, 3.8) is 0 Å². The molecule has 2 N–H and O–H groups in total. The fourth-order valence-electron chi connectivity index (χ4n) is 3.85. The van der Waals surface area contributed by atoms with Crippen LogP contribution in [0.2, 0.25) is 0 Å². The van der Waals surface area contributed by atoms with E-state index in [0.29, 0.717) is 22.5 Å². The molecule has 36 heavy (non-hydrogen) atoms. The van der Waals surface area contributed by atoms with Gasteiger partial charge in [-0.2, -0.15) is 13.2 Å². The second-order valence-electron chi connectivity index (χ2n) is 8.21. The summed E-state index contributed by atoms with van der Waals surface area (Å²) in [6, 6.07) is 13.2. The monoisotopic (exact) mass is 501 g/mol. The molecule has 0 saturated carbocycles. The van der Waals surface area contributed by atoms with Gasteiger partial charge in [-0.1, -0.05) is 43.0 Å². The maximum Gasteiger partial charge on any atom is 0.423 e. The van der Waals surface area contributed by atoms with Crippen molar-refractivity contribution in [2.75, 3.05) is 7.11 Å². The Morgan fingerprint density at radius 1 is 1.14 bits per heavy atom. The molecule has 0 aliphatic carbocycles. The Balaban J connectivity index is 1.74. The van der Waals surface area contributed by atoms with E-state index in [-0.39, 0.29) is 12.4 Å². The Bertz CT molecular complexity index is 1400. The van der Waals surface area contributed by atoms with Gasteiger partial charge in [0, 0.05) is 5.39 Å². The van der Waals surface area contributed by atoms with E-state index in [1.165, 1.54) is 30.8 Å². The summed E-state index contributed by atoms with van der Waals surface area (Å²) < 4.78 is 54.9. The van der Waals surface area contributed by atoms with E-state index in [2.05, 4.69) is 27.4 Å². The van der Waals surface area contributed by atoms with Crippen LogP contribution < -0.4 is 5.48 Å². The molecule has 0 amide bonds. The van der Waals surface area contributed by atoms with Gasteiger partial charge in [0.1, 0.15) is 11.5 Å². The highest BCUT2D eigenvalue weighted by atomic mass is 19.4. The number of pyridine rings is 1. The number of fused-ring (bicyclic) bond motifs is 1. The van der Waals surface area contributed by atoms with Gasteiger partial charge >= 0.3 is 6.18 Å². The van der Waals surface area contributed by atoms with Gasteiger partial charge in [0.05, 0.1) is 36.8 Å². The molecule has 0 unspecified atom stereocenters. The minimum absolute atomic E-state index is 0.0929. The van der Waals surface area contributed by atoms with Crippen LogP contribution in [0.3, 0.4) is 0 Å². The lowest BCUT2D eigenvalue weighted by Gasteiger charge is -2.26. The van der Waals surface area contributed by atoms with Gasteiger partial charge in [-0.05, 0) is 47.4 Å². The van der Waals surface area contributed by atoms with Gasteiger partial charge < -0.3 is 5.11 Å². The number of nitrogens with zero attached hydrogens (tertiary/aromatic N) is 4. The Morgan fingerprint density at radius 2 is 1.86 bits per heavy atom. The van der Waals surface area contributed by atoms with E-state index in [4.69, 9.17) is 4.84 Å². The molecule has 0 aliphatic heterocycles. The van der Waals surface area contributed by atoms with Crippen molar-refractivity contribution in [2.45, 2.75) is 31.7 Å². The van der Waals surface area contributed by atoms with Crippen LogP contribution >= 0.6 is 0 Å². The van der Waals surface area contributed by atoms with Crippen molar-refractivity contribution in [3.05, 3.63) is 84.1 Å². The molecular formula is C25H23F4N5O2. The molecule has 2 aromatic carbocycles. The van der Waals surface area contributed by atoms with Crippen LogP contribution in [0, 0.1) is 5.82 Å². The molecule has 0 saturated heterocycles. The molecule has 0 radical (unpaired) electrons. The molecule has 2 aromatic heterocycles. The van der Waals surface area contributed by atoms with Gasteiger partial charge in [0.2, 0.25) is 5.60 Å². The predicted octanol–water partition coefficient (Wildman–Crippen LogP) is 4.96. The number of nitrogens with one attached hydrogen (secondary N) is 1. The normalized spacial score (nSPS) is 13.5. The molecule has 11 heteroatoms. The lowest BCUT2D eigenvalue weighted by molar-refractivity contribution is -0.269. The smallest absolute Gasteiger partial charge is 0.375 e. The van der Waals surface area contributed by atoms with E-state index < -0.39 is 23.9 Å². The largest absolute Gasteiger partial charge is 0.423 e. The summed E-state index contributed by atoms with van der Waals surface area (Å²) >= 11 is 0. The molecular weight excluding hydrogens is 478 g/mol. The fraction of sp³-hybridized carbons (Fsp3) is 0.240. The van der Waals surface area contributed by atoms with Crippen LogP contribution in [-0.4, -0.2) is 38.4 Å². The van der Waals surface area contributed by atoms with Gasteiger partial charge in [0.15, 0.2) is 0 Å². The molecule has 2 heterocycles. The Kier molecular flexibility index (Phi) is 6.79. The molecule has 0 spiro atoms. The second-order valence-corrected chi connectivity index (χ2v) is 8.21. The number of rotatable bonds is 8. The second kappa shape index (κ2) is 9.67. The summed E-state index contributed by atoms with van der Waals surface area (Å²) in [4.78, 5) is 9.58. The Morgan fingerprint density at radius 3 is 2.50 bits per heavy atom. The van der Waals surface area contributed by atoms with Gasteiger partial charge in [-0.25, -0.2) is 14.1 Å². The number of alkyl halides is 3. The van der Waals surface area contributed by atoms with Crippen LogP contribution in [-0.2, 0) is 17.0 Å². The van der Waals surface area contributed by atoms with Crippen molar-refractivity contribution >= 4 is 16.6 Å². The Hall–Kier alpha value is -3.83. The maximum absolute atomic E-state index is 13.5. The molecule has 7 nitrogen and oxygen atoms in total. The van der Waals surface area contributed by atoms with Crippen molar-refractivity contribution in [3.8, 4) is 11.1 Å². The van der Waals surface area contributed by atoms with Crippen LogP contribution in [0.1, 0.15) is 30.3 Å². The average molecular weight is 501 g/mol. The first-order valence-corrected chi connectivity index (χ1v) is 10.9.